The number of rotatable bonds is 5. The van der Waals surface area contributed by atoms with Crippen LogP contribution in [0.15, 0.2) is 46.7 Å². The summed E-state index contributed by atoms with van der Waals surface area (Å²) in [5, 5.41) is 4.30. The average molecular weight is 442 g/mol. The second-order valence-corrected chi connectivity index (χ2v) is 7.68. The summed E-state index contributed by atoms with van der Waals surface area (Å²) in [6.07, 6.45) is -3.91. The molecule has 3 rings (SSSR count). The Morgan fingerprint density at radius 1 is 1.28 bits per heavy atom. The van der Waals surface area contributed by atoms with Gasteiger partial charge in [-0.25, -0.2) is 4.98 Å². The molecule has 152 valence electrons. The molecule has 5 nitrogen and oxygen atoms in total. The molecule has 3 aromatic rings. The fourth-order valence-electron chi connectivity index (χ4n) is 2.53. The molecule has 0 unspecified atom stereocenters. The number of amides is 1. The quantitative estimate of drug-likeness (QED) is 0.633. The van der Waals surface area contributed by atoms with Crippen molar-refractivity contribution in [1.82, 2.24) is 9.55 Å². The lowest BCUT2D eigenvalue weighted by Crippen LogP contribution is -2.23. The Morgan fingerprint density at radius 2 is 1.97 bits per heavy atom. The number of pyridine rings is 1. The Kier molecular flexibility index (Phi) is 6.09. The van der Waals surface area contributed by atoms with Crippen molar-refractivity contribution >= 4 is 34.5 Å². The number of thiazole rings is 1. The van der Waals surface area contributed by atoms with Gasteiger partial charge < -0.3 is 9.88 Å². The van der Waals surface area contributed by atoms with E-state index in [4.69, 9.17) is 11.6 Å². The molecule has 1 N–H and O–H groups in total. The summed E-state index contributed by atoms with van der Waals surface area (Å²) < 4.78 is 39.7. The summed E-state index contributed by atoms with van der Waals surface area (Å²) >= 11 is 6.84. The van der Waals surface area contributed by atoms with Crippen molar-refractivity contribution in [2.45, 2.75) is 26.1 Å². The Morgan fingerprint density at radius 3 is 2.62 bits per heavy atom. The number of aromatic nitrogens is 2. The van der Waals surface area contributed by atoms with Crippen LogP contribution in [0.2, 0.25) is 5.02 Å². The maximum absolute atomic E-state index is 12.9. The predicted octanol–water partition coefficient (Wildman–Crippen LogP) is 4.51. The molecule has 0 fully saturated rings. The van der Waals surface area contributed by atoms with Crippen LogP contribution in [0.25, 0.3) is 0 Å². The summed E-state index contributed by atoms with van der Waals surface area (Å²) in [5.41, 5.74) is 0.326. The van der Waals surface area contributed by atoms with Crippen LogP contribution in [-0.4, -0.2) is 15.5 Å². The lowest BCUT2D eigenvalue weighted by atomic mass is 10.2. The first kappa shape index (κ1) is 21.1. The molecule has 1 amide bonds. The molecule has 10 heteroatoms. The Labute approximate surface area is 172 Å². The zero-order valence-corrected chi connectivity index (χ0v) is 16.7. The highest BCUT2D eigenvalue weighted by Crippen LogP contribution is 2.29. The van der Waals surface area contributed by atoms with Gasteiger partial charge >= 0.3 is 6.18 Å². The van der Waals surface area contributed by atoms with Crippen molar-refractivity contribution in [3.8, 4) is 0 Å². The van der Waals surface area contributed by atoms with Crippen molar-refractivity contribution in [2.75, 3.05) is 5.32 Å². The maximum Gasteiger partial charge on any atom is 0.417 e. The second-order valence-electron chi connectivity index (χ2n) is 6.33. The molecule has 0 spiro atoms. The molecule has 0 atom stereocenters. The van der Waals surface area contributed by atoms with E-state index in [1.165, 1.54) is 11.3 Å². The summed E-state index contributed by atoms with van der Waals surface area (Å²) in [7, 11) is 0. The number of anilines is 1. The third-order valence-electron chi connectivity index (χ3n) is 3.95. The van der Waals surface area contributed by atoms with E-state index in [0.29, 0.717) is 28.7 Å². The number of aryl methyl sites for hydroxylation is 1. The van der Waals surface area contributed by atoms with Gasteiger partial charge in [-0.1, -0.05) is 29.3 Å². The molecule has 29 heavy (non-hydrogen) atoms. The van der Waals surface area contributed by atoms with Gasteiger partial charge in [0.15, 0.2) is 0 Å². The molecule has 0 aliphatic heterocycles. The molecule has 0 bridgehead atoms. The van der Waals surface area contributed by atoms with Gasteiger partial charge in [0.05, 0.1) is 24.2 Å². The highest BCUT2D eigenvalue weighted by atomic mass is 35.5. The smallest absolute Gasteiger partial charge is 0.326 e. The largest absolute Gasteiger partial charge is 0.417 e. The molecule has 0 radical (unpaired) electrons. The molecule has 0 aliphatic carbocycles. The Balaban J connectivity index is 1.70. The van der Waals surface area contributed by atoms with E-state index >= 15 is 0 Å². The van der Waals surface area contributed by atoms with E-state index in [1.54, 1.807) is 17.5 Å². The number of benzene rings is 1. The summed E-state index contributed by atoms with van der Waals surface area (Å²) in [4.78, 5) is 28.4. The lowest BCUT2D eigenvalue weighted by Gasteiger charge is -2.11. The lowest BCUT2D eigenvalue weighted by molar-refractivity contribution is -0.138. The zero-order valence-electron chi connectivity index (χ0n) is 15.1. The molecule has 0 saturated heterocycles. The molecule has 2 aromatic heterocycles. The third kappa shape index (κ3) is 5.45. The number of nitrogens with zero attached hydrogens (tertiary/aromatic N) is 2. The minimum atomic E-state index is -4.62. The van der Waals surface area contributed by atoms with Crippen LogP contribution in [-0.2, 0) is 23.9 Å². The van der Waals surface area contributed by atoms with E-state index in [9.17, 15) is 22.8 Å². The first-order valence-corrected chi connectivity index (χ1v) is 9.64. The third-order valence-corrected chi connectivity index (χ3v) is 5.12. The number of carbonyl (C=O) groups is 1. The molecule has 0 saturated carbocycles. The van der Waals surface area contributed by atoms with Crippen molar-refractivity contribution in [2.24, 2.45) is 0 Å². The first-order chi connectivity index (χ1) is 13.6. The van der Waals surface area contributed by atoms with Gasteiger partial charge in [-0.2, -0.15) is 13.2 Å². The summed E-state index contributed by atoms with van der Waals surface area (Å²) in [5.74, 6) is -0.269. The summed E-state index contributed by atoms with van der Waals surface area (Å²) in [6, 6.07) is 7.90. The predicted molar refractivity (Wildman–Crippen MR) is 105 cm³/mol. The van der Waals surface area contributed by atoms with Gasteiger partial charge in [0.1, 0.15) is 10.0 Å². The van der Waals surface area contributed by atoms with Crippen molar-refractivity contribution in [1.29, 1.82) is 0 Å². The van der Waals surface area contributed by atoms with E-state index < -0.39 is 22.3 Å². The SMILES string of the molecule is Cc1ccc(NC(=O)Cc2nc(Cn3cc(C(F)(F)F)cc(Cl)c3=O)cs2)cc1. The van der Waals surface area contributed by atoms with Crippen molar-refractivity contribution < 1.29 is 18.0 Å². The van der Waals surface area contributed by atoms with Gasteiger partial charge in [0.25, 0.3) is 5.56 Å². The van der Waals surface area contributed by atoms with Crippen molar-refractivity contribution in [3.05, 3.63) is 79.1 Å². The number of alkyl halides is 3. The maximum atomic E-state index is 12.9. The van der Waals surface area contributed by atoms with Crippen LogP contribution in [0.4, 0.5) is 18.9 Å². The van der Waals surface area contributed by atoms with Gasteiger partial charge in [0.2, 0.25) is 5.91 Å². The second kappa shape index (κ2) is 8.38. The molecule has 2 heterocycles. The van der Waals surface area contributed by atoms with Crippen LogP contribution >= 0.6 is 22.9 Å². The fraction of sp³-hybridized carbons (Fsp3) is 0.211. The van der Waals surface area contributed by atoms with Crippen LogP contribution in [0.5, 0.6) is 0 Å². The Bertz CT molecular complexity index is 1090. The van der Waals surface area contributed by atoms with Gasteiger partial charge in [-0.05, 0) is 25.1 Å². The summed E-state index contributed by atoms with van der Waals surface area (Å²) in [6.45, 7) is 1.75. The van der Waals surface area contributed by atoms with Crippen LogP contribution in [0.1, 0.15) is 21.8 Å². The van der Waals surface area contributed by atoms with Crippen molar-refractivity contribution in [3.63, 3.8) is 0 Å². The van der Waals surface area contributed by atoms with E-state index in [2.05, 4.69) is 10.3 Å². The average Bonchev–Trinajstić information content (AvgIpc) is 3.06. The molecule has 0 aliphatic rings. The molecular weight excluding hydrogens is 427 g/mol. The minimum absolute atomic E-state index is 0.0107. The first-order valence-electron chi connectivity index (χ1n) is 8.39. The molecule has 1 aromatic carbocycles. The fourth-order valence-corrected chi connectivity index (χ4v) is 3.54. The van der Waals surface area contributed by atoms with Gasteiger partial charge in [-0.3, -0.25) is 9.59 Å². The topological polar surface area (TPSA) is 64.0 Å². The zero-order chi connectivity index (χ0) is 21.2. The van der Waals surface area contributed by atoms with Gasteiger partial charge in [-0.15, -0.1) is 11.3 Å². The van der Waals surface area contributed by atoms with E-state index in [0.717, 1.165) is 10.1 Å². The number of nitrogens with one attached hydrogen (secondary N) is 1. The van der Waals surface area contributed by atoms with Crippen LogP contribution in [0, 0.1) is 6.92 Å². The van der Waals surface area contributed by atoms with Gasteiger partial charge in [0, 0.05) is 17.3 Å². The highest BCUT2D eigenvalue weighted by molar-refractivity contribution is 7.09. The number of carbonyl (C=O) groups excluding carboxylic acids is 1. The number of halogens is 4. The monoisotopic (exact) mass is 441 g/mol. The number of hydrogen-bond donors (Lipinski definition) is 1. The minimum Gasteiger partial charge on any atom is -0.326 e. The standard InChI is InChI=1S/C19H15ClF3N3O2S/c1-11-2-4-13(5-3-11)24-16(27)7-17-25-14(10-29-17)9-26-8-12(19(21,22)23)6-15(20)18(26)28/h2-6,8,10H,7,9H2,1H3,(H,24,27). The van der Waals surface area contributed by atoms with Crippen LogP contribution in [0.3, 0.4) is 0 Å². The van der Waals surface area contributed by atoms with E-state index in [1.807, 2.05) is 19.1 Å². The molecular formula is C19H15ClF3N3O2S. The van der Waals surface area contributed by atoms with Crippen LogP contribution < -0.4 is 10.9 Å². The van der Waals surface area contributed by atoms with E-state index in [-0.39, 0.29) is 18.9 Å². The highest BCUT2D eigenvalue weighted by Gasteiger charge is 2.32. The number of hydrogen-bond acceptors (Lipinski definition) is 4. The normalized spacial score (nSPS) is 11.5. The Hall–Kier alpha value is -2.65.